The van der Waals surface area contributed by atoms with E-state index < -0.39 is 5.60 Å². The van der Waals surface area contributed by atoms with Gasteiger partial charge in [0.25, 0.3) is 0 Å². The molecule has 2 atom stereocenters. The van der Waals surface area contributed by atoms with E-state index in [2.05, 4.69) is 5.32 Å². The van der Waals surface area contributed by atoms with Crippen molar-refractivity contribution in [2.75, 3.05) is 26.1 Å². The monoisotopic (exact) mass is 331 g/mol. The molecule has 0 fully saturated rings. The fourth-order valence-corrected chi connectivity index (χ4v) is 4.16. The summed E-state index contributed by atoms with van der Waals surface area (Å²) in [7, 11) is 3.25. The van der Waals surface area contributed by atoms with E-state index in [1.807, 2.05) is 30.3 Å². The molecule has 23 heavy (non-hydrogen) atoms. The van der Waals surface area contributed by atoms with Crippen LogP contribution in [-0.4, -0.2) is 31.5 Å². The Labute approximate surface area is 140 Å². The molecule has 2 aromatic carbocycles. The van der Waals surface area contributed by atoms with Crippen molar-refractivity contribution in [1.29, 1.82) is 0 Å². The van der Waals surface area contributed by atoms with Crippen LogP contribution in [0.1, 0.15) is 22.6 Å². The molecule has 0 bridgehead atoms. The van der Waals surface area contributed by atoms with Gasteiger partial charge in [-0.05, 0) is 34.9 Å². The third-order valence-electron chi connectivity index (χ3n) is 4.92. The van der Waals surface area contributed by atoms with E-state index in [0.29, 0.717) is 29.5 Å². The number of nitrogens with one attached hydrogen (secondary N) is 1. The molecular weight excluding hydrogens is 314 g/mol. The lowest BCUT2D eigenvalue weighted by atomic mass is 9.79. The smallest absolute Gasteiger partial charge is 0.161 e. The van der Waals surface area contributed by atoms with E-state index in [0.717, 1.165) is 22.4 Å². The number of hydrogen-bond acceptors (Lipinski definition) is 4. The third-order valence-corrected chi connectivity index (χ3v) is 5.23. The van der Waals surface area contributed by atoms with Crippen LogP contribution in [0.5, 0.6) is 11.5 Å². The highest BCUT2D eigenvalue weighted by Gasteiger charge is 2.49. The van der Waals surface area contributed by atoms with Gasteiger partial charge in [0.2, 0.25) is 0 Å². The first-order chi connectivity index (χ1) is 11.1. The zero-order valence-corrected chi connectivity index (χ0v) is 13.8. The molecule has 0 amide bonds. The minimum absolute atomic E-state index is 0.118. The quantitative estimate of drug-likeness (QED) is 0.887. The van der Waals surface area contributed by atoms with Crippen LogP contribution in [0.3, 0.4) is 0 Å². The van der Waals surface area contributed by atoms with Crippen molar-refractivity contribution >= 4 is 17.3 Å². The predicted molar refractivity (Wildman–Crippen MR) is 90.0 cm³/mol. The highest BCUT2D eigenvalue weighted by Crippen LogP contribution is 2.53. The fraction of sp³-hybridized carbons (Fsp3) is 0.333. The summed E-state index contributed by atoms with van der Waals surface area (Å²) in [5.74, 6) is 1.25. The molecule has 0 unspecified atom stereocenters. The summed E-state index contributed by atoms with van der Waals surface area (Å²) in [6.45, 7) is 0.466. The average molecular weight is 332 g/mol. The molecule has 4 nitrogen and oxygen atoms in total. The zero-order valence-electron chi connectivity index (χ0n) is 13.0. The lowest BCUT2D eigenvalue weighted by Gasteiger charge is -2.37. The van der Waals surface area contributed by atoms with E-state index in [-0.39, 0.29) is 5.92 Å². The van der Waals surface area contributed by atoms with Crippen LogP contribution in [0.25, 0.3) is 0 Å². The summed E-state index contributed by atoms with van der Waals surface area (Å²) in [5, 5.41) is 15.2. The first-order valence-electron chi connectivity index (χ1n) is 7.57. The normalized spacial score (nSPS) is 24.3. The van der Waals surface area contributed by atoms with E-state index in [1.54, 1.807) is 14.2 Å². The molecule has 1 aliphatic carbocycles. The molecule has 2 N–H and O–H groups in total. The van der Waals surface area contributed by atoms with Crippen LogP contribution in [0.15, 0.2) is 30.3 Å². The van der Waals surface area contributed by atoms with Crippen molar-refractivity contribution in [3.8, 4) is 11.5 Å². The lowest BCUT2D eigenvalue weighted by Crippen LogP contribution is -2.45. The van der Waals surface area contributed by atoms with Crippen LogP contribution in [0.2, 0.25) is 5.02 Å². The molecule has 0 spiro atoms. The van der Waals surface area contributed by atoms with Gasteiger partial charge in [0.1, 0.15) is 0 Å². The Morgan fingerprint density at radius 3 is 2.65 bits per heavy atom. The third kappa shape index (κ3) is 2.02. The molecule has 2 aromatic rings. The van der Waals surface area contributed by atoms with E-state index in [4.69, 9.17) is 21.1 Å². The topological polar surface area (TPSA) is 50.7 Å². The van der Waals surface area contributed by atoms with Gasteiger partial charge in [0.15, 0.2) is 11.5 Å². The summed E-state index contributed by atoms with van der Waals surface area (Å²) >= 11 is 6.32. The number of aliphatic hydroxyl groups is 1. The predicted octanol–water partition coefficient (Wildman–Crippen LogP) is 3.20. The first-order valence-corrected chi connectivity index (χ1v) is 7.94. The SMILES string of the molecule is COc1cc2c(cc1OC)[C@@H]1c3cccc(Cl)c3NC[C@]1(O)C2. The standard InChI is InChI=1S/C18H18ClNO3/c1-22-14-6-10-8-18(21)9-20-17-11(4-3-5-13(17)19)16(18)12(10)7-15(14)23-2/h3-7,16,20-21H,8-9H2,1-2H3/t16-,18+/m0/s1. The van der Waals surface area contributed by atoms with Gasteiger partial charge in [-0.25, -0.2) is 0 Å². The van der Waals surface area contributed by atoms with E-state index in [1.165, 1.54) is 0 Å². The van der Waals surface area contributed by atoms with Crippen molar-refractivity contribution in [1.82, 2.24) is 0 Å². The molecule has 2 aliphatic rings. The number of halogens is 1. The number of rotatable bonds is 2. The number of anilines is 1. The summed E-state index contributed by atoms with van der Waals surface area (Å²) in [5.41, 5.74) is 3.24. The number of fused-ring (bicyclic) bond motifs is 5. The van der Waals surface area contributed by atoms with Crippen LogP contribution < -0.4 is 14.8 Å². The largest absolute Gasteiger partial charge is 0.493 e. The van der Waals surface area contributed by atoms with Crippen LogP contribution >= 0.6 is 11.6 Å². The zero-order chi connectivity index (χ0) is 16.2. The maximum absolute atomic E-state index is 11.2. The van der Waals surface area contributed by atoms with Crippen molar-refractivity contribution in [2.45, 2.75) is 17.9 Å². The Balaban J connectivity index is 1.93. The van der Waals surface area contributed by atoms with Crippen LogP contribution in [-0.2, 0) is 6.42 Å². The van der Waals surface area contributed by atoms with Crippen molar-refractivity contribution < 1.29 is 14.6 Å². The van der Waals surface area contributed by atoms with E-state index >= 15 is 0 Å². The number of β-amino-alcohol motifs (C(OH)–C–C–N with tert-alkyl or cyclic N) is 1. The Hall–Kier alpha value is -1.91. The number of para-hydroxylation sites is 1. The summed E-state index contributed by atoms with van der Waals surface area (Å²) < 4.78 is 10.8. The van der Waals surface area contributed by atoms with Gasteiger partial charge < -0.3 is 19.9 Å². The van der Waals surface area contributed by atoms with Gasteiger partial charge in [0, 0.05) is 18.9 Å². The molecule has 0 saturated heterocycles. The van der Waals surface area contributed by atoms with Gasteiger partial charge in [0.05, 0.1) is 30.5 Å². The number of benzene rings is 2. The first kappa shape index (κ1) is 14.7. The molecule has 0 aromatic heterocycles. The molecule has 120 valence electrons. The van der Waals surface area contributed by atoms with Crippen molar-refractivity contribution in [3.05, 3.63) is 52.0 Å². The summed E-state index contributed by atoms with van der Waals surface area (Å²) in [6.07, 6.45) is 0.576. The van der Waals surface area contributed by atoms with Crippen molar-refractivity contribution in [3.63, 3.8) is 0 Å². The highest BCUT2D eigenvalue weighted by atomic mass is 35.5. The number of ether oxygens (including phenoxy) is 2. The number of methoxy groups -OCH3 is 2. The van der Waals surface area contributed by atoms with Crippen LogP contribution in [0, 0.1) is 0 Å². The Morgan fingerprint density at radius 1 is 1.17 bits per heavy atom. The van der Waals surface area contributed by atoms with Crippen molar-refractivity contribution in [2.24, 2.45) is 0 Å². The molecule has 1 aliphatic heterocycles. The molecular formula is C18H18ClNO3. The molecule has 0 saturated carbocycles. The molecule has 0 radical (unpaired) electrons. The average Bonchev–Trinajstić information content (AvgIpc) is 2.85. The highest BCUT2D eigenvalue weighted by molar-refractivity contribution is 6.33. The second-order valence-electron chi connectivity index (χ2n) is 6.18. The molecule has 1 heterocycles. The van der Waals surface area contributed by atoms with Gasteiger partial charge in [-0.3, -0.25) is 0 Å². The Kier molecular flexibility index (Phi) is 3.22. The fourth-order valence-electron chi connectivity index (χ4n) is 3.91. The maximum atomic E-state index is 11.2. The van der Waals surface area contributed by atoms with Gasteiger partial charge >= 0.3 is 0 Å². The Bertz CT molecular complexity index is 792. The van der Waals surface area contributed by atoms with Crippen LogP contribution in [0.4, 0.5) is 5.69 Å². The second kappa shape index (κ2) is 5.05. The summed E-state index contributed by atoms with van der Waals surface area (Å²) in [6, 6.07) is 9.76. The van der Waals surface area contributed by atoms with E-state index in [9.17, 15) is 5.11 Å². The second-order valence-corrected chi connectivity index (χ2v) is 6.58. The van der Waals surface area contributed by atoms with Gasteiger partial charge in [-0.2, -0.15) is 0 Å². The minimum atomic E-state index is -0.864. The maximum Gasteiger partial charge on any atom is 0.161 e. The Morgan fingerprint density at radius 2 is 1.91 bits per heavy atom. The summed E-state index contributed by atoms with van der Waals surface area (Å²) in [4.78, 5) is 0. The van der Waals surface area contributed by atoms with Gasteiger partial charge in [-0.1, -0.05) is 23.7 Å². The molecule has 4 rings (SSSR count). The minimum Gasteiger partial charge on any atom is -0.493 e. The lowest BCUT2D eigenvalue weighted by molar-refractivity contribution is 0.0454. The number of hydrogen-bond donors (Lipinski definition) is 2. The van der Waals surface area contributed by atoms with Gasteiger partial charge in [-0.15, -0.1) is 0 Å². The molecule has 5 heteroatoms.